The number of amides is 1. The van der Waals surface area contributed by atoms with Crippen LogP contribution in [0.3, 0.4) is 0 Å². The van der Waals surface area contributed by atoms with Gasteiger partial charge in [-0.05, 0) is 24.6 Å². The second-order valence-corrected chi connectivity index (χ2v) is 7.24. The van der Waals surface area contributed by atoms with Crippen molar-refractivity contribution in [2.45, 2.75) is 39.7 Å². The first-order valence-electron chi connectivity index (χ1n) is 8.49. The van der Waals surface area contributed by atoms with Crippen molar-refractivity contribution in [3.8, 4) is 0 Å². The van der Waals surface area contributed by atoms with Crippen LogP contribution in [0, 0.1) is 6.92 Å². The average molecular weight is 344 g/mol. The van der Waals surface area contributed by atoms with Crippen molar-refractivity contribution >= 4 is 11.6 Å². The Kier molecular flexibility index (Phi) is 5.85. The van der Waals surface area contributed by atoms with Crippen LogP contribution in [-0.2, 0) is 19.0 Å². The van der Waals surface area contributed by atoms with Crippen LogP contribution in [0.1, 0.15) is 48.0 Å². The number of aliphatic hydroxyl groups excluding tert-OH is 1. The van der Waals surface area contributed by atoms with E-state index in [9.17, 15) is 4.79 Å². The van der Waals surface area contributed by atoms with Crippen LogP contribution in [0.15, 0.2) is 24.4 Å². The number of anilines is 1. The lowest BCUT2D eigenvalue weighted by Gasteiger charge is -2.18. The van der Waals surface area contributed by atoms with Crippen LogP contribution in [-0.4, -0.2) is 33.9 Å². The first kappa shape index (κ1) is 19.0. The minimum absolute atomic E-state index is 0.0284. The van der Waals surface area contributed by atoms with Gasteiger partial charge in [-0.25, -0.2) is 0 Å². The molecular formula is C19H28N4O2. The fraction of sp³-hybridized carbons (Fsp3) is 0.474. The van der Waals surface area contributed by atoms with E-state index in [-0.39, 0.29) is 24.5 Å². The Morgan fingerprint density at radius 3 is 2.68 bits per heavy atom. The molecule has 25 heavy (non-hydrogen) atoms. The van der Waals surface area contributed by atoms with E-state index < -0.39 is 0 Å². The summed E-state index contributed by atoms with van der Waals surface area (Å²) in [6.07, 6.45) is 2.03. The molecule has 2 rings (SSSR count). The average Bonchev–Trinajstić information content (AvgIpc) is 2.93. The summed E-state index contributed by atoms with van der Waals surface area (Å²) in [6.45, 7) is 9.19. The molecule has 136 valence electrons. The van der Waals surface area contributed by atoms with Crippen molar-refractivity contribution < 1.29 is 9.90 Å². The molecule has 6 nitrogen and oxygen atoms in total. The van der Waals surface area contributed by atoms with Crippen LogP contribution >= 0.6 is 0 Å². The molecule has 0 aliphatic heterocycles. The van der Waals surface area contributed by atoms with Crippen molar-refractivity contribution in [3.63, 3.8) is 0 Å². The fourth-order valence-electron chi connectivity index (χ4n) is 2.83. The van der Waals surface area contributed by atoms with E-state index in [4.69, 9.17) is 5.11 Å². The minimum Gasteiger partial charge on any atom is -0.395 e. The summed E-state index contributed by atoms with van der Waals surface area (Å²) in [5, 5.41) is 19.6. The highest BCUT2D eigenvalue weighted by molar-refractivity contribution is 5.97. The zero-order valence-electron chi connectivity index (χ0n) is 15.7. The number of carbonyl (C=O) groups is 1. The van der Waals surface area contributed by atoms with E-state index in [0.717, 1.165) is 22.5 Å². The maximum Gasteiger partial charge on any atom is 0.251 e. The predicted molar refractivity (Wildman–Crippen MR) is 99.8 cm³/mol. The number of hydrogen-bond donors (Lipinski definition) is 3. The molecule has 0 unspecified atom stereocenters. The molecule has 0 spiro atoms. The van der Waals surface area contributed by atoms with Crippen molar-refractivity contribution in [1.82, 2.24) is 15.1 Å². The van der Waals surface area contributed by atoms with Crippen molar-refractivity contribution in [1.29, 1.82) is 0 Å². The van der Waals surface area contributed by atoms with E-state index in [2.05, 4.69) is 36.5 Å². The van der Waals surface area contributed by atoms with Gasteiger partial charge in [0.05, 0.1) is 12.3 Å². The van der Waals surface area contributed by atoms with E-state index in [1.54, 1.807) is 6.07 Å². The molecule has 1 aromatic heterocycles. The van der Waals surface area contributed by atoms with Crippen molar-refractivity contribution in [3.05, 3.63) is 46.8 Å². The van der Waals surface area contributed by atoms with Crippen molar-refractivity contribution in [2.75, 3.05) is 18.5 Å². The highest BCUT2D eigenvalue weighted by Gasteiger charge is 2.21. The summed E-state index contributed by atoms with van der Waals surface area (Å²) in [6, 6.07) is 5.61. The Balaban J connectivity index is 2.18. The van der Waals surface area contributed by atoms with E-state index >= 15 is 0 Å². The van der Waals surface area contributed by atoms with Crippen LogP contribution in [0.2, 0.25) is 0 Å². The van der Waals surface area contributed by atoms with Crippen LogP contribution in [0.25, 0.3) is 0 Å². The summed E-state index contributed by atoms with van der Waals surface area (Å²) in [5.74, 6) is -0.174. The highest BCUT2D eigenvalue weighted by atomic mass is 16.3. The third-order valence-corrected chi connectivity index (χ3v) is 4.06. The molecule has 1 amide bonds. The summed E-state index contributed by atoms with van der Waals surface area (Å²) in [5.41, 5.74) is 4.60. The van der Waals surface area contributed by atoms with Gasteiger partial charge in [-0.1, -0.05) is 26.8 Å². The smallest absolute Gasteiger partial charge is 0.251 e. The number of nitrogens with zero attached hydrogens (tertiary/aromatic N) is 2. The molecule has 1 aromatic carbocycles. The monoisotopic (exact) mass is 344 g/mol. The lowest BCUT2D eigenvalue weighted by molar-refractivity contribution is 0.0944. The number of rotatable bonds is 6. The number of aryl methyl sites for hydroxylation is 1. The Bertz CT molecular complexity index is 744. The Hall–Kier alpha value is -2.34. The summed E-state index contributed by atoms with van der Waals surface area (Å²) in [4.78, 5) is 12.2. The zero-order chi connectivity index (χ0) is 18.6. The molecule has 6 heteroatoms. The van der Waals surface area contributed by atoms with Gasteiger partial charge < -0.3 is 15.7 Å². The van der Waals surface area contributed by atoms with Gasteiger partial charge in [-0.2, -0.15) is 5.10 Å². The van der Waals surface area contributed by atoms with Crippen LogP contribution in [0.5, 0.6) is 0 Å². The van der Waals surface area contributed by atoms with Crippen LogP contribution in [0.4, 0.5) is 5.69 Å². The fourth-order valence-corrected chi connectivity index (χ4v) is 2.83. The van der Waals surface area contributed by atoms with Gasteiger partial charge in [0.15, 0.2) is 0 Å². The number of hydrogen-bond acceptors (Lipinski definition) is 4. The lowest BCUT2D eigenvalue weighted by atomic mass is 9.89. The maximum absolute atomic E-state index is 12.2. The van der Waals surface area contributed by atoms with E-state index in [1.807, 2.05) is 37.0 Å². The lowest BCUT2D eigenvalue weighted by Crippen LogP contribution is -2.27. The molecule has 2 aromatic rings. The predicted octanol–water partition coefficient (Wildman–Crippen LogP) is 2.36. The number of benzene rings is 1. The van der Waals surface area contributed by atoms with Gasteiger partial charge in [0.2, 0.25) is 0 Å². The quantitative estimate of drug-likeness (QED) is 0.752. The standard InChI is InChI=1S/C19H28N4O2/c1-13-15(18(25)20-9-10-24)7-6-8-16(13)21-11-14-12-23(5)22-17(14)19(2,3)4/h6-8,12,21,24H,9-11H2,1-5H3,(H,20,25). The largest absolute Gasteiger partial charge is 0.395 e. The van der Waals surface area contributed by atoms with Gasteiger partial charge in [0.25, 0.3) is 5.91 Å². The topological polar surface area (TPSA) is 79.2 Å². The molecule has 1 heterocycles. The summed E-state index contributed by atoms with van der Waals surface area (Å²) < 4.78 is 1.84. The molecular weight excluding hydrogens is 316 g/mol. The van der Waals surface area contributed by atoms with Gasteiger partial charge in [0.1, 0.15) is 0 Å². The second kappa shape index (κ2) is 7.70. The second-order valence-electron chi connectivity index (χ2n) is 7.24. The third kappa shape index (κ3) is 4.60. The number of aliphatic hydroxyl groups is 1. The molecule has 0 bridgehead atoms. The molecule has 0 saturated carbocycles. The van der Waals surface area contributed by atoms with E-state index in [0.29, 0.717) is 12.1 Å². The molecule has 0 fully saturated rings. The molecule has 0 aliphatic rings. The van der Waals surface area contributed by atoms with Gasteiger partial charge >= 0.3 is 0 Å². The molecule has 0 aliphatic carbocycles. The minimum atomic E-state index is -0.174. The molecule has 0 saturated heterocycles. The molecule has 0 atom stereocenters. The van der Waals surface area contributed by atoms with Gasteiger partial charge in [-0.3, -0.25) is 9.48 Å². The molecule has 0 radical (unpaired) electrons. The first-order valence-corrected chi connectivity index (χ1v) is 8.49. The first-order chi connectivity index (χ1) is 11.7. The maximum atomic E-state index is 12.2. The molecule has 3 N–H and O–H groups in total. The number of carbonyl (C=O) groups excluding carboxylic acids is 1. The number of nitrogens with one attached hydrogen (secondary N) is 2. The number of aromatic nitrogens is 2. The van der Waals surface area contributed by atoms with E-state index in [1.165, 1.54) is 0 Å². The van der Waals surface area contributed by atoms with Gasteiger partial charge in [-0.15, -0.1) is 0 Å². The SMILES string of the molecule is Cc1c(NCc2cn(C)nc2C(C)(C)C)cccc1C(=O)NCCO. The Labute approximate surface area is 149 Å². The van der Waals surface area contributed by atoms with Crippen LogP contribution < -0.4 is 10.6 Å². The Morgan fingerprint density at radius 2 is 2.04 bits per heavy atom. The van der Waals surface area contributed by atoms with Crippen molar-refractivity contribution in [2.24, 2.45) is 7.05 Å². The third-order valence-electron chi connectivity index (χ3n) is 4.06. The Morgan fingerprint density at radius 1 is 1.32 bits per heavy atom. The highest BCUT2D eigenvalue weighted by Crippen LogP contribution is 2.26. The normalized spacial score (nSPS) is 11.4. The summed E-state index contributed by atoms with van der Waals surface area (Å²) in [7, 11) is 1.93. The zero-order valence-corrected chi connectivity index (χ0v) is 15.7. The van der Waals surface area contributed by atoms with Gasteiger partial charge in [0, 0.05) is 48.6 Å². The summed E-state index contributed by atoms with van der Waals surface area (Å²) >= 11 is 0.